The van der Waals surface area contributed by atoms with Gasteiger partial charge in [-0.05, 0) is 69.7 Å². The van der Waals surface area contributed by atoms with E-state index >= 15 is 0 Å². The number of imidazole rings is 1. The molecule has 2 aromatic heterocycles. The van der Waals surface area contributed by atoms with E-state index in [4.69, 9.17) is 4.98 Å². The van der Waals surface area contributed by atoms with Gasteiger partial charge in [0.1, 0.15) is 0 Å². The van der Waals surface area contributed by atoms with Crippen LogP contribution in [0.15, 0.2) is 59.0 Å². The highest BCUT2D eigenvalue weighted by Gasteiger charge is 2.13. The van der Waals surface area contributed by atoms with Crippen LogP contribution in [0.5, 0.6) is 0 Å². The number of rotatable bonds is 6. The minimum atomic E-state index is 0.869. The molecule has 3 rings (SSSR count). The molecule has 0 N–H and O–H groups in total. The molecule has 0 unspecified atom stereocenters. The average molecular weight is 351 g/mol. The molecule has 0 aliphatic heterocycles. The summed E-state index contributed by atoms with van der Waals surface area (Å²) in [6.07, 6.45) is 6.89. The van der Waals surface area contributed by atoms with E-state index in [0.29, 0.717) is 0 Å². The first-order valence-electron chi connectivity index (χ1n) is 8.84. The Hall–Kier alpha value is -2.13. The molecule has 0 atom stereocenters. The van der Waals surface area contributed by atoms with Gasteiger partial charge in [0.25, 0.3) is 0 Å². The zero-order chi connectivity index (χ0) is 17.8. The second-order valence-corrected chi connectivity index (χ2v) is 7.80. The van der Waals surface area contributed by atoms with Crippen LogP contribution in [-0.2, 0) is 6.54 Å². The number of thiophene rings is 1. The first kappa shape index (κ1) is 17.7. The third-order valence-corrected chi connectivity index (χ3v) is 5.36. The molecule has 0 saturated carbocycles. The molecule has 0 bridgehead atoms. The number of allylic oxidation sites excluding steroid dienone is 4. The Kier molecular flexibility index (Phi) is 5.54. The fourth-order valence-electron chi connectivity index (χ4n) is 2.93. The van der Waals surface area contributed by atoms with Gasteiger partial charge in [0.05, 0.1) is 15.9 Å². The normalized spacial score (nSPS) is 11.9. The van der Waals surface area contributed by atoms with E-state index in [9.17, 15) is 0 Å². The lowest BCUT2D eigenvalue weighted by molar-refractivity contribution is 0.841. The molecule has 25 heavy (non-hydrogen) atoms. The van der Waals surface area contributed by atoms with Crippen LogP contribution in [0.25, 0.3) is 21.7 Å². The number of hydrogen-bond acceptors (Lipinski definition) is 2. The molecule has 2 nitrogen and oxygen atoms in total. The van der Waals surface area contributed by atoms with Crippen molar-refractivity contribution < 1.29 is 0 Å². The van der Waals surface area contributed by atoms with E-state index in [1.165, 1.54) is 27.1 Å². The Morgan fingerprint density at radius 1 is 1.16 bits per heavy atom. The van der Waals surface area contributed by atoms with Crippen LogP contribution in [0.4, 0.5) is 0 Å². The molecule has 0 saturated heterocycles. The van der Waals surface area contributed by atoms with Gasteiger partial charge in [-0.1, -0.05) is 35.4 Å². The Balaban J connectivity index is 1.90. The van der Waals surface area contributed by atoms with Gasteiger partial charge in [-0.2, -0.15) is 0 Å². The van der Waals surface area contributed by atoms with Gasteiger partial charge in [-0.3, -0.25) is 0 Å². The lowest BCUT2D eigenvalue weighted by atomic mass is 10.1. The lowest BCUT2D eigenvalue weighted by Gasteiger charge is -2.07. The maximum atomic E-state index is 4.89. The Morgan fingerprint density at radius 3 is 2.68 bits per heavy atom. The summed E-state index contributed by atoms with van der Waals surface area (Å²) in [5, 5.41) is 2.19. The van der Waals surface area contributed by atoms with E-state index in [-0.39, 0.29) is 0 Å². The van der Waals surface area contributed by atoms with Crippen molar-refractivity contribution in [2.45, 2.75) is 47.1 Å². The molecule has 0 aliphatic rings. The summed E-state index contributed by atoms with van der Waals surface area (Å²) in [6.45, 7) is 9.55. The van der Waals surface area contributed by atoms with Crippen molar-refractivity contribution in [3.05, 3.63) is 64.6 Å². The Labute approximate surface area is 154 Å². The largest absolute Gasteiger partial charge is 0.319 e. The average Bonchev–Trinajstić information content (AvgIpc) is 3.16. The van der Waals surface area contributed by atoms with Crippen molar-refractivity contribution in [1.82, 2.24) is 9.55 Å². The zero-order valence-electron chi connectivity index (χ0n) is 15.5. The van der Waals surface area contributed by atoms with Crippen LogP contribution in [0.3, 0.4) is 0 Å². The van der Waals surface area contributed by atoms with Crippen LogP contribution in [0, 0.1) is 6.92 Å². The summed E-state index contributed by atoms with van der Waals surface area (Å²) in [6, 6.07) is 10.6. The maximum absolute atomic E-state index is 4.89. The summed E-state index contributed by atoms with van der Waals surface area (Å²) >= 11 is 1.77. The molecule has 3 heteroatoms. The number of fused-ring (bicyclic) bond motifs is 1. The first-order chi connectivity index (χ1) is 12.0. The van der Waals surface area contributed by atoms with Gasteiger partial charge in [0.15, 0.2) is 5.82 Å². The van der Waals surface area contributed by atoms with Gasteiger partial charge < -0.3 is 4.57 Å². The van der Waals surface area contributed by atoms with Crippen LogP contribution < -0.4 is 0 Å². The summed E-state index contributed by atoms with van der Waals surface area (Å²) in [5.74, 6) is 1.08. The topological polar surface area (TPSA) is 17.8 Å². The molecular weight excluding hydrogens is 324 g/mol. The fourth-order valence-corrected chi connectivity index (χ4v) is 3.83. The number of benzene rings is 1. The van der Waals surface area contributed by atoms with Crippen molar-refractivity contribution in [2.24, 2.45) is 0 Å². The quantitative estimate of drug-likeness (QED) is 0.449. The van der Waals surface area contributed by atoms with Gasteiger partial charge in [-0.15, -0.1) is 11.3 Å². The van der Waals surface area contributed by atoms with Gasteiger partial charge in [0.2, 0.25) is 0 Å². The highest BCUT2D eigenvalue weighted by molar-refractivity contribution is 7.13. The van der Waals surface area contributed by atoms with Gasteiger partial charge >= 0.3 is 0 Å². The third kappa shape index (κ3) is 4.29. The second kappa shape index (κ2) is 7.83. The molecule has 3 aromatic rings. The van der Waals surface area contributed by atoms with E-state index in [1.54, 1.807) is 11.3 Å². The van der Waals surface area contributed by atoms with Crippen LogP contribution in [0.1, 0.15) is 39.2 Å². The van der Waals surface area contributed by atoms with Crippen molar-refractivity contribution in [3.63, 3.8) is 0 Å². The molecule has 130 valence electrons. The maximum Gasteiger partial charge on any atom is 0.151 e. The number of para-hydroxylation sites is 2. The van der Waals surface area contributed by atoms with Crippen molar-refractivity contribution in [2.75, 3.05) is 0 Å². The Bertz CT molecular complexity index is 921. The molecule has 0 amide bonds. The predicted octanol–water partition coefficient (Wildman–Crippen LogP) is 6.77. The van der Waals surface area contributed by atoms with Crippen LogP contribution in [-0.4, -0.2) is 9.55 Å². The highest BCUT2D eigenvalue weighted by Crippen LogP contribution is 2.30. The first-order valence-corrected chi connectivity index (χ1v) is 9.72. The molecule has 0 fully saturated rings. The predicted molar refractivity (Wildman–Crippen MR) is 110 cm³/mol. The van der Waals surface area contributed by atoms with E-state index < -0.39 is 0 Å². The van der Waals surface area contributed by atoms with Crippen molar-refractivity contribution in [3.8, 4) is 10.7 Å². The summed E-state index contributed by atoms with van der Waals surface area (Å²) in [7, 11) is 0. The molecule has 0 aliphatic carbocycles. The summed E-state index contributed by atoms with van der Waals surface area (Å²) in [5.41, 5.74) is 6.40. The van der Waals surface area contributed by atoms with E-state index in [1.807, 2.05) is 0 Å². The SMILES string of the molecule is CC(C)=CCCC(C)=CCn1c(-c2cc(C)cs2)nc2ccccc21. The summed E-state index contributed by atoms with van der Waals surface area (Å²) < 4.78 is 2.34. The standard InChI is InChI=1S/C22H26N2S/c1-16(2)8-7-9-17(3)12-13-24-20-11-6-5-10-19(20)23-22(24)21-14-18(4)15-25-21/h5-6,8,10-12,14-15H,7,9,13H2,1-4H3. The second-order valence-electron chi connectivity index (χ2n) is 6.89. The summed E-state index contributed by atoms with van der Waals surface area (Å²) in [4.78, 5) is 6.13. The third-order valence-electron chi connectivity index (χ3n) is 4.32. The van der Waals surface area contributed by atoms with Crippen LogP contribution in [0.2, 0.25) is 0 Å². The molecule has 0 radical (unpaired) electrons. The smallest absolute Gasteiger partial charge is 0.151 e. The Morgan fingerprint density at radius 2 is 1.96 bits per heavy atom. The highest BCUT2D eigenvalue weighted by atomic mass is 32.1. The van der Waals surface area contributed by atoms with Gasteiger partial charge in [0, 0.05) is 6.54 Å². The van der Waals surface area contributed by atoms with E-state index in [2.05, 4.69) is 80.1 Å². The zero-order valence-corrected chi connectivity index (χ0v) is 16.4. The number of nitrogens with zero attached hydrogens (tertiary/aromatic N) is 2. The molecule has 1 aromatic carbocycles. The molecule has 2 heterocycles. The molecule has 0 spiro atoms. The number of hydrogen-bond donors (Lipinski definition) is 0. The molecular formula is C22H26N2S. The van der Waals surface area contributed by atoms with E-state index in [0.717, 1.165) is 30.7 Å². The monoisotopic (exact) mass is 350 g/mol. The number of aromatic nitrogens is 2. The lowest BCUT2D eigenvalue weighted by Crippen LogP contribution is -1.98. The van der Waals surface area contributed by atoms with Crippen LogP contribution >= 0.6 is 11.3 Å². The number of aryl methyl sites for hydroxylation is 1. The fraction of sp³-hybridized carbons (Fsp3) is 0.318. The minimum absolute atomic E-state index is 0.869. The minimum Gasteiger partial charge on any atom is -0.319 e. The van der Waals surface area contributed by atoms with Crippen molar-refractivity contribution >= 4 is 22.4 Å². The van der Waals surface area contributed by atoms with Gasteiger partial charge in [-0.25, -0.2) is 4.98 Å². The van der Waals surface area contributed by atoms with Crippen molar-refractivity contribution in [1.29, 1.82) is 0 Å².